The van der Waals surface area contributed by atoms with Crippen LogP contribution in [-0.2, 0) is 0 Å². The van der Waals surface area contributed by atoms with Crippen molar-refractivity contribution in [3.8, 4) is 5.75 Å². The van der Waals surface area contributed by atoms with Crippen molar-refractivity contribution >= 4 is 23.5 Å². The fourth-order valence-electron chi connectivity index (χ4n) is 1.87. The van der Waals surface area contributed by atoms with Crippen LogP contribution < -0.4 is 4.74 Å². The van der Waals surface area contributed by atoms with Gasteiger partial charge in [0.2, 0.25) is 5.78 Å². The van der Waals surface area contributed by atoms with Crippen molar-refractivity contribution in [2.24, 2.45) is 0 Å². The Labute approximate surface area is 109 Å². The highest BCUT2D eigenvalue weighted by Crippen LogP contribution is 2.32. The number of hydrogen-bond donors (Lipinski definition) is 0. The lowest BCUT2D eigenvalue weighted by atomic mass is 10.1. The summed E-state index contributed by atoms with van der Waals surface area (Å²) in [6.45, 7) is 0. The van der Waals surface area contributed by atoms with E-state index in [-0.39, 0.29) is 5.78 Å². The molecule has 0 unspecified atom stereocenters. The zero-order valence-corrected chi connectivity index (χ0v) is 10.1. The van der Waals surface area contributed by atoms with Gasteiger partial charge in [0.1, 0.15) is 5.75 Å². The van der Waals surface area contributed by atoms with E-state index >= 15 is 0 Å². The number of carbonyl (C=O) groups excluding carboxylic acids is 1. The zero-order valence-electron chi connectivity index (χ0n) is 9.39. The molecule has 0 fully saturated rings. The lowest BCUT2D eigenvalue weighted by molar-refractivity contribution is 0.101. The SMILES string of the molecule is O=C1C(=Cc2ccccc2Cl)Oc2ccccc21. The average Bonchev–Trinajstić information content (AvgIpc) is 2.70. The maximum atomic E-state index is 12.1. The number of fused-ring (bicyclic) bond motifs is 1. The summed E-state index contributed by atoms with van der Waals surface area (Å²) in [4.78, 5) is 12.1. The molecule has 2 aromatic carbocycles. The van der Waals surface area contributed by atoms with Gasteiger partial charge in [0, 0.05) is 5.02 Å². The second-order valence-electron chi connectivity index (χ2n) is 3.96. The lowest BCUT2D eigenvalue weighted by Gasteiger charge is -2.00. The predicted molar refractivity (Wildman–Crippen MR) is 70.8 cm³/mol. The molecule has 0 radical (unpaired) electrons. The number of halogens is 1. The van der Waals surface area contributed by atoms with Crippen LogP contribution in [0.2, 0.25) is 5.02 Å². The van der Waals surface area contributed by atoms with Gasteiger partial charge >= 0.3 is 0 Å². The van der Waals surface area contributed by atoms with Crippen LogP contribution in [0.4, 0.5) is 0 Å². The third kappa shape index (κ3) is 1.81. The van der Waals surface area contributed by atoms with E-state index in [1.54, 1.807) is 24.3 Å². The molecule has 0 aromatic heterocycles. The van der Waals surface area contributed by atoms with Gasteiger partial charge in [0.15, 0.2) is 5.76 Å². The molecule has 1 heterocycles. The lowest BCUT2D eigenvalue weighted by Crippen LogP contribution is -1.98. The van der Waals surface area contributed by atoms with Crippen LogP contribution in [0.25, 0.3) is 6.08 Å². The van der Waals surface area contributed by atoms with E-state index in [1.807, 2.05) is 30.3 Å². The first-order valence-electron chi connectivity index (χ1n) is 5.53. The Kier molecular flexibility index (Phi) is 2.65. The Morgan fingerprint density at radius 3 is 2.50 bits per heavy atom. The fourth-order valence-corrected chi connectivity index (χ4v) is 2.06. The first kappa shape index (κ1) is 11.1. The van der Waals surface area contributed by atoms with Crippen LogP contribution in [0.15, 0.2) is 54.3 Å². The monoisotopic (exact) mass is 256 g/mol. The molecule has 0 atom stereocenters. The van der Waals surface area contributed by atoms with Crippen LogP contribution in [-0.4, -0.2) is 5.78 Å². The smallest absolute Gasteiger partial charge is 0.231 e. The summed E-state index contributed by atoms with van der Waals surface area (Å²) in [5.41, 5.74) is 1.37. The van der Waals surface area contributed by atoms with Gasteiger partial charge in [-0.25, -0.2) is 0 Å². The number of ether oxygens (including phenoxy) is 1. The molecular formula is C15H9ClO2. The maximum absolute atomic E-state index is 12.1. The quantitative estimate of drug-likeness (QED) is 0.722. The van der Waals surface area contributed by atoms with E-state index in [2.05, 4.69) is 0 Å². The Morgan fingerprint density at radius 1 is 1.00 bits per heavy atom. The van der Waals surface area contributed by atoms with Crippen molar-refractivity contribution in [2.75, 3.05) is 0 Å². The van der Waals surface area contributed by atoms with Crippen molar-refractivity contribution in [2.45, 2.75) is 0 Å². The van der Waals surface area contributed by atoms with Crippen molar-refractivity contribution < 1.29 is 9.53 Å². The van der Waals surface area contributed by atoms with Crippen LogP contribution >= 0.6 is 11.6 Å². The normalized spacial score (nSPS) is 15.6. The number of carbonyl (C=O) groups is 1. The van der Waals surface area contributed by atoms with Gasteiger partial charge in [-0.15, -0.1) is 0 Å². The molecule has 0 saturated carbocycles. The average molecular weight is 257 g/mol. The van der Waals surface area contributed by atoms with Gasteiger partial charge in [0.25, 0.3) is 0 Å². The van der Waals surface area contributed by atoms with Crippen LogP contribution in [0.1, 0.15) is 15.9 Å². The second-order valence-corrected chi connectivity index (χ2v) is 4.36. The third-order valence-electron chi connectivity index (χ3n) is 2.77. The Morgan fingerprint density at radius 2 is 1.72 bits per heavy atom. The van der Waals surface area contributed by atoms with Crippen LogP contribution in [0.5, 0.6) is 5.75 Å². The van der Waals surface area contributed by atoms with Crippen molar-refractivity contribution in [3.63, 3.8) is 0 Å². The van der Waals surface area contributed by atoms with Gasteiger partial charge < -0.3 is 4.74 Å². The van der Waals surface area contributed by atoms with Gasteiger partial charge in [-0.1, -0.05) is 41.9 Å². The van der Waals surface area contributed by atoms with E-state index in [4.69, 9.17) is 16.3 Å². The molecule has 1 aliphatic rings. The number of para-hydroxylation sites is 1. The molecule has 18 heavy (non-hydrogen) atoms. The summed E-state index contributed by atoms with van der Waals surface area (Å²) in [7, 11) is 0. The van der Waals surface area contributed by atoms with Gasteiger partial charge in [-0.3, -0.25) is 4.79 Å². The number of benzene rings is 2. The Balaban J connectivity index is 2.02. The molecule has 0 bridgehead atoms. The molecule has 2 aromatic rings. The minimum absolute atomic E-state index is 0.106. The second kappa shape index (κ2) is 4.31. The molecule has 0 spiro atoms. The largest absolute Gasteiger partial charge is 0.452 e. The predicted octanol–water partition coefficient (Wildman–Crippen LogP) is 3.96. The highest BCUT2D eigenvalue weighted by atomic mass is 35.5. The summed E-state index contributed by atoms with van der Waals surface area (Å²) in [6, 6.07) is 14.5. The number of ketones is 1. The molecule has 0 aliphatic carbocycles. The summed E-state index contributed by atoms with van der Waals surface area (Å²) < 4.78 is 5.53. The number of Topliss-reactive ketones (excluding diaryl/α,β-unsaturated/α-hetero) is 1. The van der Waals surface area contributed by atoms with Crippen LogP contribution in [0, 0.1) is 0 Å². The first-order chi connectivity index (χ1) is 8.75. The number of hydrogen-bond acceptors (Lipinski definition) is 2. The van der Waals surface area contributed by atoms with Crippen LogP contribution in [0.3, 0.4) is 0 Å². The first-order valence-corrected chi connectivity index (χ1v) is 5.91. The van der Waals surface area contributed by atoms with Crippen molar-refractivity contribution in [3.05, 3.63) is 70.4 Å². The molecule has 0 amide bonds. The summed E-state index contributed by atoms with van der Waals surface area (Å²) >= 11 is 6.05. The molecule has 0 saturated heterocycles. The van der Waals surface area contributed by atoms with E-state index in [0.717, 1.165) is 5.56 Å². The summed E-state index contributed by atoms with van der Waals surface area (Å²) in [5, 5.41) is 0.595. The molecule has 1 aliphatic heterocycles. The topological polar surface area (TPSA) is 26.3 Å². The maximum Gasteiger partial charge on any atom is 0.231 e. The Bertz CT molecular complexity index is 659. The minimum atomic E-state index is -0.106. The standard InChI is InChI=1S/C15H9ClO2/c16-12-7-3-1-5-10(12)9-14-15(17)11-6-2-4-8-13(11)18-14/h1-9H. The van der Waals surface area contributed by atoms with E-state index < -0.39 is 0 Å². The molecule has 0 N–H and O–H groups in total. The van der Waals surface area contributed by atoms with Gasteiger partial charge in [-0.2, -0.15) is 0 Å². The molecule has 3 heteroatoms. The highest BCUT2D eigenvalue weighted by Gasteiger charge is 2.26. The van der Waals surface area contributed by atoms with Gasteiger partial charge in [0.05, 0.1) is 5.56 Å². The summed E-state index contributed by atoms with van der Waals surface area (Å²) in [6.07, 6.45) is 1.67. The Hall–Kier alpha value is -2.06. The zero-order chi connectivity index (χ0) is 12.5. The minimum Gasteiger partial charge on any atom is -0.452 e. The fraction of sp³-hybridized carbons (Fsp3) is 0. The summed E-state index contributed by atoms with van der Waals surface area (Å²) in [5.74, 6) is 0.802. The molecule has 88 valence electrons. The number of allylic oxidation sites excluding steroid dienone is 1. The van der Waals surface area contributed by atoms with E-state index in [9.17, 15) is 4.79 Å². The number of rotatable bonds is 1. The molecule has 2 nitrogen and oxygen atoms in total. The molecular weight excluding hydrogens is 248 g/mol. The van der Waals surface area contributed by atoms with Gasteiger partial charge in [-0.05, 0) is 29.8 Å². The van der Waals surface area contributed by atoms with E-state index in [1.165, 1.54) is 0 Å². The molecule has 3 rings (SSSR count). The van der Waals surface area contributed by atoms with Crippen molar-refractivity contribution in [1.29, 1.82) is 0 Å². The third-order valence-corrected chi connectivity index (χ3v) is 3.11. The van der Waals surface area contributed by atoms with Crippen molar-refractivity contribution in [1.82, 2.24) is 0 Å². The highest BCUT2D eigenvalue weighted by molar-refractivity contribution is 6.32. The van der Waals surface area contributed by atoms with E-state index in [0.29, 0.717) is 22.1 Å².